The molecule has 1 atom stereocenters. The van der Waals surface area contributed by atoms with Crippen LogP contribution in [-0.2, 0) is 26.0 Å². The van der Waals surface area contributed by atoms with Crippen molar-refractivity contribution >= 4 is 27.5 Å². The van der Waals surface area contributed by atoms with Crippen molar-refractivity contribution in [3.63, 3.8) is 0 Å². The lowest BCUT2D eigenvalue weighted by Crippen LogP contribution is -2.54. The Bertz CT molecular complexity index is 1660. The zero-order valence-corrected chi connectivity index (χ0v) is 26.9. The van der Waals surface area contributed by atoms with Gasteiger partial charge in [0.1, 0.15) is 24.1 Å². The third kappa shape index (κ3) is 8.34. The molecule has 1 aliphatic carbocycles. The number of carbonyl (C=O) groups is 2. The molecule has 0 heterocycles. The van der Waals surface area contributed by atoms with Crippen molar-refractivity contribution in [2.24, 2.45) is 0 Å². The lowest BCUT2D eigenvalue weighted by atomic mass is 10.1. The van der Waals surface area contributed by atoms with E-state index in [0.29, 0.717) is 30.0 Å². The lowest BCUT2D eigenvalue weighted by molar-refractivity contribution is -0.139. The number of ether oxygens (including phenoxy) is 1. The molecule has 5 rings (SSSR count). The Morgan fingerprint density at radius 3 is 1.98 bits per heavy atom. The highest BCUT2D eigenvalue weighted by molar-refractivity contribution is 7.92. The molecule has 8 nitrogen and oxygen atoms in total. The van der Waals surface area contributed by atoms with Gasteiger partial charge in [-0.25, -0.2) is 8.42 Å². The second-order valence-corrected chi connectivity index (χ2v) is 13.3. The van der Waals surface area contributed by atoms with Gasteiger partial charge in [0, 0.05) is 12.6 Å². The van der Waals surface area contributed by atoms with Crippen molar-refractivity contribution in [1.82, 2.24) is 10.2 Å². The standard InChI is InChI=1S/C37H41N3O5S/c1-2-35(37(42)38-30-16-12-13-17-30)39(27-26-29-14-6-3-7-15-29)36(41)28-40(46(43,44)34-20-10-5-11-21-34)31-22-24-33(25-23-31)45-32-18-8-4-9-19-32/h3-11,14-15,18-25,30,35H,2,12-13,16-17,26-28H2,1H3,(H,38,42). The summed E-state index contributed by atoms with van der Waals surface area (Å²) in [5, 5.41) is 3.15. The summed E-state index contributed by atoms with van der Waals surface area (Å²) in [4.78, 5) is 29.5. The van der Waals surface area contributed by atoms with Crippen molar-refractivity contribution in [3.8, 4) is 11.5 Å². The molecule has 1 fully saturated rings. The van der Waals surface area contributed by atoms with E-state index in [0.717, 1.165) is 35.6 Å². The number of benzene rings is 4. The van der Waals surface area contributed by atoms with Crippen molar-refractivity contribution < 1.29 is 22.7 Å². The van der Waals surface area contributed by atoms with Gasteiger partial charge in [0.25, 0.3) is 10.0 Å². The summed E-state index contributed by atoms with van der Waals surface area (Å²) < 4.78 is 35.2. The van der Waals surface area contributed by atoms with Gasteiger partial charge >= 0.3 is 0 Å². The summed E-state index contributed by atoms with van der Waals surface area (Å²) in [5.74, 6) is 0.524. The largest absolute Gasteiger partial charge is 0.457 e. The van der Waals surface area contributed by atoms with E-state index in [-0.39, 0.29) is 23.4 Å². The van der Waals surface area contributed by atoms with Crippen molar-refractivity contribution in [1.29, 1.82) is 0 Å². The van der Waals surface area contributed by atoms with Crippen LogP contribution in [0.1, 0.15) is 44.6 Å². The first-order chi connectivity index (χ1) is 22.3. The van der Waals surface area contributed by atoms with Crippen LogP contribution in [0.25, 0.3) is 0 Å². The van der Waals surface area contributed by atoms with E-state index in [9.17, 15) is 18.0 Å². The first kappa shape index (κ1) is 32.8. The molecule has 1 aliphatic rings. The molecule has 0 radical (unpaired) electrons. The molecule has 0 aromatic heterocycles. The van der Waals surface area contributed by atoms with Gasteiger partial charge in [0.2, 0.25) is 11.8 Å². The molecule has 46 heavy (non-hydrogen) atoms. The molecular weight excluding hydrogens is 598 g/mol. The van der Waals surface area contributed by atoms with Crippen LogP contribution in [0.2, 0.25) is 0 Å². The molecule has 1 N–H and O–H groups in total. The minimum absolute atomic E-state index is 0.0641. The van der Waals surface area contributed by atoms with Gasteiger partial charge < -0.3 is 15.0 Å². The average Bonchev–Trinajstić information content (AvgIpc) is 3.60. The number of carbonyl (C=O) groups excluding carboxylic acids is 2. The number of anilines is 1. The van der Waals surface area contributed by atoms with Crippen LogP contribution in [-0.4, -0.2) is 50.3 Å². The molecule has 0 bridgehead atoms. The van der Waals surface area contributed by atoms with Gasteiger partial charge in [-0.2, -0.15) is 0 Å². The Morgan fingerprint density at radius 1 is 0.804 bits per heavy atom. The van der Waals surface area contributed by atoms with Gasteiger partial charge in [0.05, 0.1) is 10.6 Å². The second kappa shape index (κ2) is 15.6. The molecule has 0 spiro atoms. The molecule has 4 aromatic carbocycles. The first-order valence-corrected chi connectivity index (χ1v) is 17.3. The van der Waals surface area contributed by atoms with E-state index in [2.05, 4.69) is 5.32 Å². The van der Waals surface area contributed by atoms with E-state index in [1.165, 1.54) is 12.1 Å². The molecule has 1 saturated carbocycles. The number of nitrogens with one attached hydrogen (secondary N) is 1. The fourth-order valence-electron chi connectivity index (χ4n) is 5.82. The Labute approximate surface area is 272 Å². The van der Waals surface area contributed by atoms with Gasteiger partial charge in [-0.15, -0.1) is 0 Å². The topological polar surface area (TPSA) is 96.0 Å². The number of para-hydroxylation sites is 1. The Kier molecular flexibility index (Phi) is 11.1. The maximum absolute atomic E-state index is 14.3. The number of rotatable bonds is 14. The highest BCUT2D eigenvalue weighted by atomic mass is 32.2. The van der Waals surface area contributed by atoms with E-state index in [1.54, 1.807) is 47.4 Å². The van der Waals surface area contributed by atoms with Crippen LogP contribution in [0.15, 0.2) is 120 Å². The maximum atomic E-state index is 14.3. The van der Waals surface area contributed by atoms with Crippen LogP contribution < -0.4 is 14.4 Å². The zero-order chi connectivity index (χ0) is 32.4. The summed E-state index contributed by atoms with van der Waals surface area (Å²) in [6.45, 7) is 1.67. The Balaban J connectivity index is 1.45. The third-order valence-electron chi connectivity index (χ3n) is 8.29. The van der Waals surface area contributed by atoms with Crippen LogP contribution in [0, 0.1) is 0 Å². The summed E-state index contributed by atoms with van der Waals surface area (Å²) in [6.07, 6.45) is 4.91. The van der Waals surface area contributed by atoms with E-state index >= 15 is 0 Å². The van der Waals surface area contributed by atoms with Crippen molar-refractivity contribution in [3.05, 3.63) is 121 Å². The fourth-order valence-corrected chi connectivity index (χ4v) is 7.25. The van der Waals surface area contributed by atoms with E-state index in [1.807, 2.05) is 67.6 Å². The number of amides is 2. The molecule has 240 valence electrons. The van der Waals surface area contributed by atoms with Gasteiger partial charge in [-0.05, 0) is 79.8 Å². The van der Waals surface area contributed by atoms with Crippen molar-refractivity contribution in [2.75, 3.05) is 17.4 Å². The summed E-state index contributed by atoms with van der Waals surface area (Å²) in [7, 11) is -4.15. The van der Waals surface area contributed by atoms with Crippen molar-refractivity contribution in [2.45, 2.75) is 62.4 Å². The molecule has 0 saturated heterocycles. The maximum Gasteiger partial charge on any atom is 0.264 e. The van der Waals surface area contributed by atoms with E-state index < -0.39 is 28.5 Å². The second-order valence-electron chi connectivity index (χ2n) is 11.5. The summed E-state index contributed by atoms with van der Waals surface area (Å²) >= 11 is 0. The Hall–Kier alpha value is -4.63. The minimum Gasteiger partial charge on any atom is -0.457 e. The smallest absolute Gasteiger partial charge is 0.264 e. The summed E-state index contributed by atoms with van der Waals surface area (Å²) in [5.41, 5.74) is 1.33. The first-order valence-electron chi connectivity index (χ1n) is 15.9. The number of nitrogens with zero attached hydrogens (tertiary/aromatic N) is 2. The predicted molar refractivity (Wildman–Crippen MR) is 180 cm³/mol. The monoisotopic (exact) mass is 639 g/mol. The van der Waals surface area contributed by atoms with Crippen LogP contribution in [0.5, 0.6) is 11.5 Å². The SMILES string of the molecule is CCC(C(=O)NC1CCCC1)N(CCc1ccccc1)C(=O)CN(c1ccc(Oc2ccccc2)cc1)S(=O)(=O)c1ccccc1. The molecule has 2 amide bonds. The number of sulfonamides is 1. The van der Waals surface area contributed by atoms with Gasteiger partial charge in [-0.3, -0.25) is 13.9 Å². The van der Waals surface area contributed by atoms with Crippen LogP contribution in [0.3, 0.4) is 0 Å². The zero-order valence-electron chi connectivity index (χ0n) is 26.1. The molecule has 1 unspecified atom stereocenters. The number of hydrogen-bond donors (Lipinski definition) is 1. The summed E-state index contributed by atoms with van der Waals surface area (Å²) in [6, 6.07) is 33.1. The normalized spacial score (nSPS) is 13.9. The molecule has 4 aromatic rings. The molecule has 0 aliphatic heterocycles. The lowest BCUT2D eigenvalue weighted by Gasteiger charge is -2.33. The van der Waals surface area contributed by atoms with Crippen LogP contribution >= 0.6 is 0 Å². The van der Waals surface area contributed by atoms with Crippen LogP contribution in [0.4, 0.5) is 5.69 Å². The molecular formula is C37H41N3O5S. The highest BCUT2D eigenvalue weighted by Crippen LogP contribution is 2.28. The highest BCUT2D eigenvalue weighted by Gasteiger charge is 2.34. The minimum atomic E-state index is -4.15. The van der Waals surface area contributed by atoms with Gasteiger partial charge in [-0.1, -0.05) is 86.5 Å². The fraction of sp³-hybridized carbons (Fsp3) is 0.297. The van der Waals surface area contributed by atoms with Gasteiger partial charge in [0.15, 0.2) is 0 Å². The third-order valence-corrected chi connectivity index (χ3v) is 10.1. The van der Waals surface area contributed by atoms with E-state index in [4.69, 9.17) is 4.74 Å². The average molecular weight is 640 g/mol. The quantitative estimate of drug-likeness (QED) is 0.168. The number of hydrogen-bond acceptors (Lipinski definition) is 5. The predicted octanol–water partition coefficient (Wildman–Crippen LogP) is 6.58. The Morgan fingerprint density at radius 2 is 1.37 bits per heavy atom. The molecule has 9 heteroatoms.